The standard InChI is InChI=1S/C29H3BF18/c31-13-4-2-1-3-5(6(4)14(32)23(41)21(13)39)30(12-19(37)26(44)28(46)27(45)20(12)38)11-9-7(15(33)22(40)18(11)36)8-10(29(9,47)48)17(35)25(43)24(42)16(8)34/h1-3H. The van der Waals surface area contributed by atoms with Crippen molar-refractivity contribution in [2.24, 2.45) is 0 Å². The second kappa shape index (κ2) is 10.6. The van der Waals surface area contributed by atoms with Crippen LogP contribution < -0.4 is 16.4 Å². The molecule has 6 rings (SSSR count). The molecule has 248 valence electrons. The van der Waals surface area contributed by atoms with Crippen molar-refractivity contribution >= 4 is 33.9 Å². The normalized spacial score (nSPS) is 13.4. The van der Waals surface area contributed by atoms with Crippen molar-refractivity contribution in [3.05, 3.63) is 122 Å². The van der Waals surface area contributed by atoms with Gasteiger partial charge in [0.2, 0.25) is 0 Å². The molecule has 0 saturated heterocycles. The van der Waals surface area contributed by atoms with Crippen molar-refractivity contribution in [2.75, 3.05) is 0 Å². The van der Waals surface area contributed by atoms with E-state index in [1.807, 2.05) is 0 Å². The largest absolute Gasteiger partial charge is 0.302 e. The summed E-state index contributed by atoms with van der Waals surface area (Å²) in [6, 6.07) is 1.03. The van der Waals surface area contributed by atoms with Crippen molar-refractivity contribution in [2.45, 2.75) is 5.92 Å². The molecule has 0 aliphatic heterocycles. The number of hydrogen-bond donors (Lipinski definition) is 0. The molecule has 0 N–H and O–H groups in total. The number of rotatable bonds is 3. The predicted octanol–water partition coefficient (Wildman–Crippen LogP) is 7.70. The van der Waals surface area contributed by atoms with Gasteiger partial charge in [-0.15, -0.1) is 0 Å². The molecule has 0 radical (unpaired) electrons. The fourth-order valence-electron chi connectivity index (χ4n) is 5.79. The Bertz CT molecular complexity index is 2270. The topological polar surface area (TPSA) is 0 Å². The zero-order valence-electron chi connectivity index (χ0n) is 22.1. The van der Waals surface area contributed by atoms with Crippen LogP contribution in [0.25, 0.3) is 21.9 Å². The fraction of sp³-hybridized carbons (Fsp3) is 0.0345. The first-order chi connectivity index (χ1) is 22.3. The minimum atomic E-state index is -5.62. The fourth-order valence-corrected chi connectivity index (χ4v) is 5.79. The molecule has 5 aromatic rings. The summed E-state index contributed by atoms with van der Waals surface area (Å²) in [5.41, 5.74) is -16.8. The molecule has 5 aromatic carbocycles. The molecule has 0 fully saturated rings. The Kier molecular flexibility index (Phi) is 7.29. The van der Waals surface area contributed by atoms with Crippen molar-refractivity contribution < 1.29 is 79.0 Å². The van der Waals surface area contributed by atoms with Crippen molar-refractivity contribution in [3.8, 4) is 11.1 Å². The molecule has 0 aromatic heterocycles. The number of halogens is 18. The van der Waals surface area contributed by atoms with Gasteiger partial charge in [0, 0.05) is 32.9 Å². The van der Waals surface area contributed by atoms with Crippen LogP contribution in [0.5, 0.6) is 0 Å². The molecular weight excluding hydrogens is 701 g/mol. The Hall–Kier alpha value is -4.84. The van der Waals surface area contributed by atoms with E-state index in [4.69, 9.17) is 0 Å². The third kappa shape index (κ3) is 3.98. The highest BCUT2D eigenvalue weighted by atomic mass is 19.3. The van der Waals surface area contributed by atoms with Crippen LogP contribution in [0, 0.1) is 93.1 Å². The molecule has 0 spiro atoms. The smallest absolute Gasteiger partial charge is 0.204 e. The van der Waals surface area contributed by atoms with Crippen molar-refractivity contribution in [1.82, 2.24) is 0 Å². The van der Waals surface area contributed by atoms with Crippen molar-refractivity contribution in [1.29, 1.82) is 0 Å². The molecular formula is C29H3BF18. The van der Waals surface area contributed by atoms with E-state index in [1.54, 1.807) is 0 Å². The maximum absolute atomic E-state index is 16.0. The highest BCUT2D eigenvalue weighted by Crippen LogP contribution is 2.54. The van der Waals surface area contributed by atoms with E-state index in [2.05, 4.69) is 0 Å². The molecule has 0 bridgehead atoms. The predicted molar refractivity (Wildman–Crippen MR) is 129 cm³/mol. The first kappa shape index (κ1) is 33.1. The van der Waals surface area contributed by atoms with E-state index >= 15 is 35.1 Å². The van der Waals surface area contributed by atoms with Gasteiger partial charge < -0.3 is 0 Å². The average molecular weight is 704 g/mol. The SMILES string of the molecule is Fc1c(F)c(F)c(B(c2c(F)c(F)c(F)c3c2C(F)(F)c2c(F)c(F)c(F)c(F)c2-3)c2cccc3c(F)c(F)c(F)c(F)c23)c(F)c1F. The lowest BCUT2D eigenvalue weighted by atomic mass is 9.35. The first-order valence-electron chi connectivity index (χ1n) is 12.5. The summed E-state index contributed by atoms with van der Waals surface area (Å²) in [6.45, 7) is -3.69. The maximum Gasteiger partial charge on any atom is 0.302 e. The van der Waals surface area contributed by atoms with Crippen LogP contribution in [0.1, 0.15) is 11.1 Å². The van der Waals surface area contributed by atoms with E-state index < -0.39 is 155 Å². The van der Waals surface area contributed by atoms with E-state index in [0.717, 1.165) is 0 Å². The minimum absolute atomic E-state index is 0.207. The average Bonchev–Trinajstić information content (AvgIpc) is 3.30. The third-order valence-electron chi connectivity index (χ3n) is 7.77. The number of fused-ring (bicyclic) bond motifs is 4. The van der Waals surface area contributed by atoms with Gasteiger partial charge in [-0.1, -0.05) is 23.7 Å². The van der Waals surface area contributed by atoms with Crippen LogP contribution in [-0.4, -0.2) is 6.71 Å². The highest BCUT2D eigenvalue weighted by molar-refractivity contribution is 6.97. The zero-order valence-corrected chi connectivity index (χ0v) is 22.1. The quantitative estimate of drug-likeness (QED) is 0.0783. The number of alkyl halides is 2. The van der Waals surface area contributed by atoms with Gasteiger partial charge in [-0.25, -0.2) is 70.2 Å². The second-order valence-corrected chi connectivity index (χ2v) is 10.1. The Labute approximate surface area is 252 Å². The Balaban J connectivity index is 1.93. The minimum Gasteiger partial charge on any atom is -0.204 e. The van der Waals surface area contributed by atoms with Crippen LogP contribution >= 0.6 is 0 Å². The molecule has 0 atom stereocenters. The molecule has 0 heterocycles. The molecule has 0 amide bonds. The summed E-state index contributed by atoms with van der Waals surface area (Å²) >= 11 is 0. The lowest BCUT2D eigenvalue weighted by Crippen LogP contribution is -2.59. The van der Waals surface area contributed by atoms with E-state index in [-0.39, 0.29) is 6.07 Å². The van der Waals surface area contributed by atoms with Gasteiger partial charge in [0.05, 0.1) is 5.56 Å². The monoisotopic (exact) mass is 704 g/mol. The van der Waals surface area contributed by atoms with E-state index in [0.29, 0.717) is 12.1 Å². The van der Waals surface area contributed by atoms with Crippen LogP contribution in [0.2, 0.25) is 0 Å². The molecule has 19 heteroatoms. The van der Waals surface area contributed by atoms with Crippen LogP contribution in [0.15, 0.2) is 18.2 Å². The lowest BCUT2D eigenvalue weighted by molar-refractivity contribution is 0.0435. The summed E-state index contributed by atoms with van der Waals surface area (Å²) in [5.74, 6) is -51.6. The van der Waals surface area contributed by atoms with Gasteiger partial charge in [0.15, 0.2) is 93.1 Å². The van der Waals surface area contributed by atoms with Crippen LogP contribution in [0.4, 0.5) is 79.0 Å². The molecule has 1 aliphatic carbocycles. The number of benzene rings is 5. The van der Waals surface area contributed by atoms with Crippen LogP contribution in [-0.2, 0) is 5.92 Å². The van der Waals surface area contributed by atoms with E-state index in [1.165, 1.54) is 0 Å². The number of hydrogen-bond acceptors (Lipinski definition) is 0. The Morgan fingerprint density at radius 1 is 0.375 bits per heavy atom. The summed E-state index contributed by atoms with van der Waals surface area (Å²) in [4.78, 5) is 0. The summed E-state index contributed by atoms with van der Waals surface area (Å²) < 4.78 is 269. The lowest BCUT2D eigenvalue weighted by Gasteiger charge is -2.25. The molecule has 0 nitrogen and oxygen atoms in total. The maximum atomic E-state index is 16.0. The summed E-state index contributed by atoms with van der Waals surface area (Å²) in [5, 5.41) is -3.25. The zero-order chi connectivity index (χ0) is 35.6. The molecule has 1 aliphatic rings. The van der Waals surface area contributed by atoms with Gasteiger partial charge in [-0.05, 0) is 5.46 Å². The first-order valence-corrected chi connectivity index (χ1v) is 12.5. The molecule has 0 saturated carbocycles. The highest BCUT2D eigenvalue weighted by Gasteiger charge is 2.56. The van der Waals surface area contributed by atoms with Gasteiger partial charge in [-0.2, -0.15) is 8.78 Å². The van der Waals surface area contributed by atoms with Crippen molar-refractivity contribution in [3.63, 3.8) is 0 Å². The van der Waals surface area contributed by atoms with Gasteiger partial charge in [-0.3, -0.25) is 0 Å². The van der Waals surface area contributed by atoms with Gasteiger partial charge >= 0.3 is 5.92 Å². The third-order valence-corrected chi connectivity index (χ3v) is 7.77. The summed E-state index contributed by atoms with van der Waals surface area (Å²) in [7, 11) is 0. The van der Waals surface area contributed by atoms with Gasteiger partial charge in [0.1, 0.15) is 0 Å². The summed E-state index contributed by atoms with van der Waals surface area (Å²) in [6.07, 6.45) is 0. The Morgan fingerprint density at radius 2 is 0.771 bits per heavy atom. The molecule has 0 unspecified atom stereocenters. The van der Waals surface area contributed by atoms with Crippen LogP contribution in [0.3, 0.4) is 0 Å². The molecule has 48 heavy (non-hydrogen) atoms. The Morgan fingerprint density at radius 3 is 1.33 bits per heavy atom. The van der Waals surface area contributed by atoms with E-state index in [9.17, 15) is 43.9 Å². The van der Waals surface area contributed by atoms with Gasteiger partial charge in [0.25, 0.3) is 6.71 Å². The second-order valence-electron chi connectivity index (χ2n) is 10.1.